The van der Waals surface area contributed by atoms with E-state index in [1.807, 2.05) is 84.9 Å². The number of nitrogens with one attached hydrogen (secondary N) is 1. The summed E-state index contributed by atoms with van der Waals surface area (Å²) in [6, 6.07) is 0. The Kier molecular flexibility index (Phi) is 21.7. The van der Waals surface area contributed by atoms with Crippen LogP contribution in [-0.2, 0) is 55.0 Å². The molecule has 0 aliphatic heterocycles. The standard InChI is InChI=1S/C36H50N2O4.C35H47N3O3.C31H40ClNO3.CH4/c1-10-11-28(41)38-21-27(40)36-16-14-31(2,3)19-22(36)29-24(39)18-26-33(6)20-23(37-9)30(42)32(4,5)25(33)12-13-34(26,7)35(29,8)15-17-36;1-10-11-26-37-38-29(41-26)35-16-14-30(2,3)19-21(35)27-23(39)18-25-32(6)20-22(36-9)28(40)31(4,5)24(32)12-13-33(25,7)34(27,8)15-17-35;1-26(2)11-13-31(25(32)36)14-12-30(7)23(18(31)16-26)20(34)15-22-28(5)17-19(33-8)24(35)27(3,4)21(28)9-10-29(22,30)6;/h18,20,22,25,29H,10-17,19,21H2,1-8H3,(H,38,41);18,20-21,24,27H,10-17,19H2,1-8H3;15,17-18,21,23H,9-14,16H2,1-7H3;1H4/t22-,25-,29-,33-,34+,35+,36-;21-,24-,27-,32-,33+,34+,35-;18-,21-,23-,28-,29+,30+,31-;/m000./s1/i;;;1T. The second-order valence-electron chi connectivity index (χ2n) is 47.1. The zero-order chi connectivity index (χ0) is 89.6. The smallest absolute Gasteiger partial charge is 0.228 e. The molecule has 1 heterocycles. The van der Waals surface area contributed by atoms with Crippen molar-refractivity contribution >= 4 is 63.2 Å². The highest BCUT2D eigenvalue weighted by Gasteiger charge is 2.76. The van der Waals surface area contributed by atoms with Gasteiger partial charge >= 0.3 is 0 Å². The SMILES string of the molecule is [3H]C.[C-]#[N+]C1=C[C@]2(C)C3=CC(=O)[C@@H]4[C@@H]5CC(C)(C)CC[C@]5(C(=O)CNC(=O)CCC)CC[C@@]4(C)[C@]3(C)CC[C@H]2C(C)(C)C1=O.[C-]#[N+]C1=C[C@]2(C)C3=CC(=O)[C@@H]4[C@@H]5CC(C)(C)CC[C@]5(C(=O)Cl)CC[C@@]4(C)[C@]3(C)CC[C@H]2C(C)(C)C1=O.[C-]#[N+]C1=C[C@]2(C)C3=CC(=O)[C@@H]4[C@@H]5CC(C)(C)CC[C@]5(c5nnc(CCC)o5)CC[C@@]4(C)[C@]3(C)CC[C@H]2C(C)(C)C1=O. The largest absolute Gasteiger partial charge is 0.425 e. The van der Waals surface area contributed by atoms with E-state index in [4.69, 9.17) is 37.1 Å². The van der Waals surface area contributed by atoms with Crippen LogP contribution in [-0.4, -0.2) is 68.4 Å². The number of hydrogen-bond donors (Lipinski definition) is 1. The molecule has 17 heteroatoms. The molecule has 15 aliphatic carbocycles. The summed E-state index contributed by atoms with van der Waals surface area (Å²) in [5, 5.41) is 11.7. The maximum absolute atomic E-state index is 14.7. The van der Waals surface area contributed by atoms with Crippen LogP contribution in [0.5, 0.6) is 0 Å². The summed E-state index contributed by atoms with van der Waals surface area (Å²) >= 11 is 6.37. The number of hydrogen-bond acceptors (Lipinski definition) is 12. The molecule has 0 aromatic carbocycles. The van der Waals surface area contributed by atoms with E-state index in [2.05, 4.69) is 141 Å². The normalized spacial score (nSPS) is 43.1. The fourth-order valence-corrected chi connectivity index (χ4v) is 31.8. The topological polar surface area (TPSA) is 218 Å². The summed E-state index contributed by atoms with van der Waals surface area (Å²) in [5.74, 6) is 1.13. The van der Waals surface area contributed by atoms with Crippen LogP contribution in [0.25, 0.3) is 14.5 Å². The van der Waals surface area contributed by atoms with Gasteiger partial charge in [0.2, 0.25) is 40.0 Å². The number of Topliss-reactive ketones (excluding diaryl/α,β-unsaturated/α-hetero) is 4. The van der Waals surface area contributed by atoms with E-state index in [9.17, 15) is 43.2 Å². The fourth-order valence-electron chi connectivity index (χ4n) is 31.4. The Morgan fingerprint density at radius 3 is 1.18 bits per heavy atom. The van der Waals surface area contributed by atoms with Crippen LogP contribution in [0, 0.1) is 165 Å². The predicted octanol–water partition coefficient (Wildman–Crippen LogP) is 22.9. The Bertz CT molecular complexity index is 4920. The van der Waals surface area contributed by atoms with Crippen LogP contribution in [0.4, 0.5) is 0 Å². The van der Waals surface area contributed by atoms with E-state index in [0.29, 0.717) is 12.3 Å². The Morgan fingerprint density at radius 2 is 0.800 bits per heavy atom. The van der Waals surface area contributed by atoms with Gasteiger partial charge in [0.25, 0.3) is 0 Å². The van der Waals surface area contributed by atoms with Crippen molar-refractivity contribution in [2.75, 3.05) is 6.54 Å². The number of allylic oxidation sites excluding steroid dienone is 12. The number of rotatable bonds is 9. The van der Waals surface area contributed by atoms with Crippen molar-refractivity contribution < 1.29 is 48.9 Å². The van der Waals surface area contributed by atoms with Gasteiger partial charge in [-0.3, -0.25) is 28.8 Å². The number of carbonyl (C=O) groups excluding carboxylic acids is 9. The summed E-state index contributed by atoms with van der Waals surface area (Å²) in [4.78, 5) is 134. The molecule has 16 nitrogen and oxygen atoms in total. The Balaban J connectivity index is 0.000000155. The second kappa shape index (κ2) is 29.1. The van der Waals surface area contributed by atoms with Crippen LogP contribution in [0.2, 0.25) is 0 Å². The Morgan fingerprint density at radius 1 is 0.467 bits per heavy atom. The Labute approximate surface area is 724 Å². The van der Waals surface area contributed by atoms with Crippen molar-refractivity contribution in [1.82, 2.24) is 15.5 Å². The molecule has 21 atom stereocenters. The lowest BCUT2D eigenvalue weighted by Crippen LogP contribution is -2.66. The average molecular weight is 1660 g/mol. The number of ketones is 7. The first-order chi connectivity index (χ1) is 56.0. The van der Waals surface area contributed by atoms with Gasteiger partial charge in [0, 0.05) is 75.3 Å². The van der Waals surface area contributed by atoms with Gasteiger partial charge in [0.15, 0.2) is 40.5 Å². The molecule has 0 radical (unpaired) electrons. The monoisotopic (exact) mass is 1660 g/mol. The quantitative estimate of drug-likeness (QED) is 0.180. The van der Waals surface area contributed by atoms with Crippen molar-refractivity contribution in [3.8, 4) is 0 Å². The van der Waals surface area contributed by atoms with Gasteiger partial charge in [0.1, 0.15) is 0 Å². The first-order valence-electron chi connectivity index (χ1n) is 46.6. The summed E-state index contributed by atoms with van der Waals surface area (Å²) in [7, 11) is 1.25. The molecule has 0 saturated heterocycles. The molecule has 0 bridgehead atoms. The third-order valence-corrected chi connectivity index (χ3v) is 39.1. The van der Waals surface area contributed by atoms with Crippen LogP contribution < -0.4 is 5.32 Å². The van der Waals surface area contributed by atoms with E-state index < -0.39 is 43.3 Å². The van der Waals surface area contributed by atoms with Gasteiger partial charge in [-0.15, -0.1) is 10.2 Å². The highest BCUT2D eigenvalue weighted by molar-refractivity contribution is 6.64. The lowest BCUT2D eigenvalue weighted by molar-refractivity contribution is -0.177. The van der Waals surface area contributed by atoms with Crippen molar-refractivity contribution in [1.29, 1.82) is 0 Å². The van der Waals surface area contributed by atoms with Gasteiger partial charge in [-0.25, -0.2) is 14.5 Å². The van der Waals surface area contributed by atoms with E-state index >= 15 is 0 Å². The number of fused-ring (bicyclic) bond motifs is 21. The van der Waals surface area contributed by atoms with Crippen LogP contribution >= 0.6 is 11.6 Å². The van der Waals surface area contributed by atoms with Crippen molar-refractivity contribution in [3.05, 3.63) is 116 Å². The summed E-state index contributed by atoms with van der Waals surface area (Å²) in [6.45, 7) is 73.5. The first-order valence-corrected chi connectivity index (χ1v) is 46.0. The third-order valence-electron chi connectivity index (χ3n) is 38.7. The molecule has 0 unspecified atom stereocenters. The van der Waals surface area contributed by atoms with E-state index in [1.54, 1.807) is 0 Å². The minimum absolute atomic E-state index is 0.0138. The molecule has 16 rings (SSSR count). The van der Waals surface area contributed by atoms with Gasteiger partial charge in [-0.1, -0.05) is 202 Å². The number of aryl methyl sites for hydroxylation is 1. The molecule has 0 spiro atoms. The molecule has 9 fully saturated rings. The number of aromatic nitrogens is 2. The average Bonchev–Trinajstić information content (AvgIpc) is 0.911. The van der Waals surface area contributed by atoms with Crippen molar-refractivity contribution in [3.63, 3.8) is 0 Å². The summed E-state index contributed by atoms with van der Waals surface area (Å²) in [6.07, 6.45) is 32.7. The molecule has 1 N–H and O–H groups in total. The lowest BCUT2D eigenvalue weighted by atomic mass is 9.34. The second-order valence-corrected chi connectivity index (χ2v) is 47.5. The minimum Gasteiger partial charge on any atom is -0.425 e. The van der Waals surface area contributed by atoms with Crippen LogP contribution in [0.1, 0.15) is 334 Å². The lowest BCUT2D eigenvalue weighted by Gasteiger charge is -2.69. The number of nitrogens with zero attached hydrogens (tertiary/aromatic N) is 5. The molecule has 1 aromatic heterocycles. The predicted molar refractivity (Wildman–Crippen MR) is 468 cm³/mol. The molecule has 9 saturated carbocycles. The molecular formula is C103H141ClN6O10. The molecule has 650 valence electrons. The van der Waals surface area contributed by atoms with Gasteiger partial charge in [0.05, 0.1) is 31.7 Å². The Hall–Kier alpha value is -6.83. The van der Waals surface area contributed by atoms with E-state index in [-0.39, 0.29) is 183 Å². The summed E-state index contributed by atoms with van der Waals surface area (Å²) < 4.78 is 12.1. The van der Waals surface area contributed by atoms with Crippen molar-refractivity contribution in [2.24, 2.45) is 145 Å². The zero-order valence-corrected chi connectivity index (χ0v) is 78.0. The van der Waals surface area contributed by atoms with Gasteiger partial charge < -0.3 is 24.1 Å². The number of halogens is 1. The van der Waals surface area contributed by atoms with Crippen LogP contribution in [0.3, 0.4) is 0 Å². The fraction of sp³-hybridized carbons (Fsp3) is 0.748. The van der Waals surface area contributed by atoms with Crippen LogP contribution in [0.15, 0.2) is 74.7 Å². The summed E-state index contributed by atoms with van der Waals surface area (Å²) in [5.41, 5.74) is -2.59. The van der Waals surface area contributed by atoms with Crippen molar-refractivity contribution in [2.45, 2.75) is 333 Å². The first kappa shape index (κ1) is 89.4. The molecule has 1 amide bonds. The number of carbonyl (C=O) groups is 9. The highest BCUT2D eigenvalue weighted by atomic mass is 35.5. The van der Waals surface area contributed by atoms with Gasteiger partial charge in [-0.05, 0) is 262 Å². The minimum atomic E-state index is -0.684. The maximum atomic E-state index is 14.7. The van der Waals surface area contributed by atoms with Gasteiger partial charge in [-0.2, -0.15) is 0 Å². The van der Waals surface area contributed by atoms with E-state index in [0.717, 1.165) is 177 Å². The molecule has 15 aliphatic rings. The maximum Gasteiger partial charge on any atom is 0.228 e. The molecular weight excluding hydrogens is 1520 g/mol. The highest BCUT2D eigenvalue weighted by Crippen LogP contribution is 2.80. The zero-order valence-electron chi connectivity index (χ0n) is 78.2. The van der Waals surface area contributed by atoms with E-state index in [1.165, 1.54) is 7.40 Å². The number of amides is 1. The molecule has 1 aromatic rings. The third kappa shape index (κ3) is 12.5. The molecule has 120 heavy (non-hydrogen) atoms.